The molecule has 2 N–H and O–H groups in total. The molecule has 0 bridgehead atoms. The fraction of sp³-hybridized carbons (Fsp3) is 0.200. The van der Waals surface area contributed by atoms with Crippen LogP contribution in [-0.2, 0) is 10.0 Å². The molecule has 1 aromatic heterocycles. The van der Waals surface area contributed by atoms with E-state index in [1.54, 1.807) is 101 Å². The summed E-state index contributed by atoms with van der Waals surface area (Å²) in [5.41, 5.74) is 1.71. The standard InChI is InChI=1S/C25H26N6O4S/c1-25(2,3)28-36(33,34)22-8-6-5-7-21(22)17-9-11-18(12-10-17)26-24(32)23-27-29-30-31(23)19-13-15-20(35-4)16-14-19/h5-16,28H,1-4H3,(H,26,32). The normalized spacial score (nSPS) is 11.8. The van der Waals surface area contributed by atoms with E-state index in [1.165, 1.54) is 4.68 Å². The maximum absolute atomic E-state index is 13.0. The summed E-state index contributed by atoms with van der Waals surface area (Å²) in [7, 11) is -2.18. The van der Waals surface area contributed by atoms with Crippen LogP contribution >= 0.6 is 0 Å². The summed E-state index contributed by atoms with van der Waals surface area (Å²) in [5, 5.41) is 14.2. The van der Waals surface area contributed by atoms with E-state index in [0.29, 0.717) is 28.3 Å². The summed E-state index contributed by atoms with van der Waals surface area (Å²) >= 11 is 0. The maximum Gasteiger partial charge on any atom is 0.295 e. The van der Waals surface area contributed by atoms with Crippen molar-refractivity contribution in [2.45, 2.75) is 31.2 Å². The van der Waals surface area contributed by atoms with Gasteiger partial charge in [0.25, 0.3) is 5.91 Å². The minimum Gasteiger partial charge on any atom is -0.497 e. The van der Waals surface area contributed by atoms with Gasteiger partial charge in [0.05, 0.1) is 17.7 Å². The van der Waals surface area contributed by atoms with Gasteiger partial charge < -0.3 is 10.1 Å². The zero-order valence-electron chi connectivity index (χ0n) is 20.3. The first-order valence-electron chi connectivity index (χ1n) is 11.0. The Morgan fingerprint density at radius 1 is 0.944 bits per heavy atom. The molecular weight excluding hydrogens is 480 g/mol. The molecule has 1 heterocycles. The Labute approximate surface area is 209 Å². The maximum atomic E-state index is 13.0. The van der Waals surface area contributed by atoms with E-state index in [1.807, 2.05) is 0 Å². The van der Waals surface area contributed by atoms with Gasteiger partial charge in [-0.2, -0.15) is 4.68 Å². The highest BCUT2D eigenvalue weighted by Gasteiger charge is 2.25. The molecule has 0 saturated carbocycles. The fourth-order valence-corrected chi connectivity index (χ4v) is 5.19. The largest absolute Gasteiger partial charge is 0.497 e. The molecule has 1 amide bonds. The molecule has 0 aliphatic rings. The molecule has 0 fully saturated rings. The Morgan fingerprint density at radius 3 is 2.25 bits per heavy atom. The van der Waals surface area contributed by atoms with Crippen molar-refractivity contribution in [2.75, 3.05) is 12.4 Å². The summed E-state index contributed by atoms with van der Waals surface area (Å²) in [4.78, 5) is 13.1. The van der Waals surface area contributed by atoms with Gasteiger partial charge in [-0.05, 0) is 79.2 Å². The molecule has 4 aromatic rings. The average molecular weight is 507 g/mol. The van der Waals surface area contributed by atoms with Crippen LogP contribution in [0, 0.1) is 0 Å². The number of benzene rings is 3. The molecule has 0 aliphatic heterocycles. The smallest absolute Gasteiger partial charge is 0.295 e. The van der Waals surface area contributed by atoms with Gasteiger partial charge in [-0.3, -0.25) is 4.79 Å². The Hall–Kier alpha value is -4.09. The van der Waals surface area contributed by atoms with Gasteiger partial charge in [0.15, 0.2) is 0 Å². The highest BCUT2D eigenvalue weighted by molar-refractivity contribution is 7.89. The fourth-order valence-electron chi connectivity index (χ4n) is 3.54. The van der Waals surface area contributed by atoms with Crippen LogP contribution in [0.5, 0.6) is 5.75 Å². The lowest BCUT2D eigenvalue weighted by Crippen LogP contribution is -2.40. The minimum atomic E-state index is -3.74. The number of ether oxygens (including phenoxy) is 1. The van der Waals surface area contributed by atoms with Crippen LogP contribution < -0.4 is 14.8 Å². The number of aromatic nitrogens is 4. The number of hydrogen-bond donors (Lipinski definition) is 2. The highest BCUT2D eigenvalue weighted by atomic mass is 32.2. The van der Waals surface area contributed by atoms with Crippen molar-refractivity contribution in [1.29, 1.82) is 0 Å². The van der Waals surface area contributed by atoms with Crippen LogP contribution in [0.25, 0.3) is 16.8 Å². The molecule has 0 spiro atoms. The second-order valence-electron chi connectivity index (χ2n) is 9.00. The van der Waals surface area contributed by atoms with Gasteiger partial charge in [0.2, 0.25) is 15.8 Å². The Kier molecular flexibility index (Phi) is 6.86. The molecule has 0 aliphatic carbocycles. The molecule has 0 atom stereocenters. The van der Waals surface area contributed by atoms with Gasteiger partial charge in [-0.15, -0.1) is 5.10 Å². The first-order chi connectivity index (χ1) is 17.1. The van der Waals surface area contributed by atoms with Gasteiger partial charge in [-0.25, -0.2) is 13.1 Å². The Morgan fingerprint density at radius 2 is 1.61 bits per heavy atom. The van der Waals surface area contributed by atoms with Crippen LogP contribution in [0.15, 0.2) is 77.7 Å². The average Bonchev–Trinajstić information content (AvgIpc) is 3.33. The summed E-state index contributed by atoms with van der Waals surface area (Å²) in [6.45, 7) is 5.36. The van der Waals surface area contributed by atoms with Gasteiger partial charge in [0, 0.05) is 16.8 Å². The number of rotatable bonds is 7. The lowest BCUT2D eigenvalue weighted by molar-refractivity contribution is 0.101. The first kappa shape index (κ1) is 25.0. The molecule has 36 heavy (non-hydrogen) atoms. The zero-order valence-corrected chi connectivity index (χ0v) is 21.1. The zero-order chi connectivity index (χ0) is 25.9. The van der Waals surface area contributed by atoms with E-state index < -0.39 is 21.5 Å². The molecular formula is C25H26N6O4S. The van der Waals surface area contributed by atoms with Crippen molar-refractivity contribution < 1.29 is 17.9 Å². The van der Waals surface area contributed by atoms with E-state index in [9.17, 15) is 13.2 Å². The van der Waals surface area contributed by atoms with Crippen molar-refractivity contribution in [2.24, 2.45) is 0 Å². The third-order valence-corrected chi connectivity index (χ3v) is 6.88. The number of anilines is 1. The van der Waals surface area contributed by atoms with Crippen molar-refractivity contribution in [3.05, 3.63) is 78.6 Å². The number of amides is 1. The van der Waals surface area contributed by atoms with Crippen LogP contribution in [0.4, 0.5) is 5.69 Å². The summed E-state index contributed by atoms with van der Waals surface area (Å²) < 4.78 is 35.1. The van der Waals surface area contributed by atoms with Crippen LogP contribution in [0.3, 0.4) is 0 Å². The van der Waals surface area contributed by atoms with Crippen LogP contribution in [-0.4, -0.2) is 47.2 Å². The van der Waals surface area contributed by atoms with E-state index in [2.05, 4.69) is 25.6 Å². The predicted molar refractivity (Wildman–Crippen MR) is 136 cm³/mol. The van der Waals surface area contributed by atoms with E-state index >= 15 is 0 Å². The van der Waals surface area contributed by atoms with Crippen LogP contribution in [0.1, 0.15) is 31.4 Å². The predicted octanol–water partition coefficient (Wildman–Crippen LogP) is 3.67. The SMILES string of the molecule is COc1ccc(-n2nnnc2C(=O)Nc2ccc(-c3ccccc3S(=O)(=O)NC(C)(C)C)cc2)cc1. The summed E-state index contributed by atoms with van der Waals surface area (Å²) in [5.74, 6) is 0.177. The third-order valence-electron chi connectivity index (χ3n) is 5.06. The molecule has 3 aromatic carbocycles. The third kappa shape index (κ3) is 5.58. The Bertz CT molecular complexity index is 1470. The monoisotopic (exact) mass is 506 g/mol. The molecule has 11 heteroatoms. The number of carbonyl (C=O) groups excluding carboxylic acids is 1. The molecule has 10 nitrogen and oxygen atoms in total. The van der Waals surface area contributed by atoms with Gasteiger partial charge in [0.1, 0.15) is 5.75 Å². The molecule has 0 unspecified atom stereocenters. The number of carbonyl (C=O) groups is 1. The highest BCUT2D eigenvalue weighted by Crippen LogP contribution is 2.29. The van der Waals surface area contributed by atoms with E-state index in [-0.39, 0.29) is 10.7 Å². The number of hydrogen-bond acceptors (Lipinski definition) is 7. The lowest BCUT2D eigenvalue weighted by atomic mass is 10.1. The van der Waals surface area contributed by atoms with Gasteiger partial charge in [-0.1, -0.05) is 30.3 Å². The first-order valence-corrected chi connectivity index (χ1v) is 12.5. The number of tetrazole rings is 1. The number of nitrogens with zero attached hydrogens (tertiary/aromatic N) is 4. The van der Waals surface area contributed by atoms with Crippen molar-refractivity contribution >= 4 is 21.6 Å². The second-order valence-corrected chi connectivity index (χ2v) is 10.6. The minimum absolute atomic E-state index is 0.00828. The van der Waals surface area contributed by atoms with Crippen LogP contribution in [0.2, 0.25) is 0 Å². The molecule has 186 valence electrons. The summed E-state index contributed by atoms with van der Waals surface area (Å²) in [6.07, 6.45) is 0. The van der Waals surface area contributed by atoms with Gasteiger partial charge >= 0.3 is 0 Å². The molecule has 0 radical (unpaired) electrons. The van der Waals surface area contributed by atoms with Crippen molar-refractivity contribution in [3.63, 3.8) is 0 Å². The molecule has 4 rings (SSSR count). The Balaban J connectivity index is 1.55. The van der Waals surface area contributed by atoms with E-state index in [0.717, 1.165) is 0 Å². The number of nitrogens with one attached hydrogen (secondary N) is 2. The van der Waals surface area contributed by atoms with E-state index in [4.69, 9.17) is 4.74 Å². The number of methoxy groups -OCH3 is 1. The lowest BCUT2D eigenvalue weighted by Gasteiger charge is -2.21. The summed E-state index contributed by atoms with van der Waals surface area (Å²) in [6, 6.07) is 20.6. The van der Waals surface area contributed by atoms with Crippen molar-refractivity contribution in [1.82, 2.24) is 24.9 Å². The number of sulfonamides is 1. The van der Waals surface area contributed by atoms with Crippen molar-refractivity contribution in [3.8, 4) is 22.6 Å². The second kappa shape index (κ2) is 9.88. The molecule has 0 saturated heterocycles. The quantitative estimate of drug-likeness (QED) is 0.391. The topological polar surface area (TPSA) is 128 Å².